The molecule has 0 saturated heterocycles. The van der Waals surface area contributed by atoms with Crippen LogP contribution in [0.2, 0.25) is 0 Å². The van der Waals surface area contributed by atoms with Crippen LogP contribution < -0.4 is 0 Å². The van der Waals surface area contributed by atoms with Gasteiger partial charge < -0.3 is 0 Å². The fourth-order valence-electron chi connectivity index (χ4n) is 1.59. The summed E-state index contributed by atoms with van der Waals surface area (Å²) in [7, 11) is 0. The van der Waals surface area contributed by atoms with Crippen LogP contribution in [0.25, 0.3) is 5.69 Å². The summed E-state index contributed by atoms with van der Waals surface area (Å²) in [6.07, 6.45) is 3.74. The summed E-state index contributed by atoms with van der Waals surface area (Å²) in [5.41, 5.74) is 3.16. The Kier molecular flexibility index (Phi) is 4.18. The number of halogens is 2. The van der Waals surface area contributed by atoms with Gasteiger partial charge in [-0.25, -0.2) is 4.68 Å². The predicted octanol–water partition coefficient (Wildman–Crippen LogP) is 3.51. The van der Waals surface area contributed by atoms with E-state index in [0.717, 1.165) is 28.7 Å². The van der Waals surface area contributed by atoms with Gasteiger partial charge in [-0.2, -0.15) is 0 Å². The van der Waals surface area contributed by atoms with Gasteiger partial charge in [0.1, 0.15) is 0 Å². The van der Waals surface area contributed by atoms with Gasteiger partial charge in [0.15, 0.2) is 0 Å². The van der Waals surface area contributed by atoms with Gasteiger partial charge in [-0.1, -0.05) is 17.3 Å². The van der Waals surface area contributed by atoms with E-state index in [0.29, 0.717) is 5.88 Å². The molecule has 0 bridgehead atoms. The van der Waals surface area contributed by atoms with Crippen molar-refractivity contribution in [3.8, 4) is 5.69 Å². The first kappa shape index (κ1) is 12.6. The first-order valence-electron chi connectivity index (χ1n) is 5.45. The van der Waals surface area contributed by atoms with Crippen molar-refractivity contribution in [3.63, 3.8) is 0 Å². The van der Waals surface area contributed by atoms with E-state index in [9.17, 15) is 0 Å². The summed E-state index contributed by atoms with van der Waals surface area (Å²) < 4.78 is 2.84. The zero-order chi connectivity index (χ0) is 12.3. The van der Waals surface area contributed by atoms with Crippen molar-refractivity contribution in [2.75, 3.05) is 5.88 Å². The van der Waals surface area contributed by atoms with Crippen molar-refractivity contribution in [2.24, 2.45) is 0 Å². The average molecular weight is 315 g/mol. The predicted molar refractivity (Wildman–Crippen MR) is 72.8 cm³/mol. The van der Waals surface area contributed by atoms with E-state index in [1.807, 2.05) is 18.3 Å². The monoisotopic (exact) mass is 313 g/mol. The molecule has 0 atom stereocenters. The molecule has 0 aliphatic heterocycles. The Bertz CT molecular complexity index is 510. The highest BCUT2D eigenvalue weighted by Gasteiger charge is 2.07. The molecule has 17 heavy (non-hydrogen) atoms. The van der Waals surface area contributed by atoms with Crippen molar-refractivity contribution in [1.29, 1.82) is 0 Å². The lowest BCUT2D eigenvalue weighted by molar-refractivity contribution is 0.789. The molecular weight excluding hydrogens is 302 g/mol. The van der Waals surface area contributed by atoms with Crippen molar-refractivity contribution in [3.05, 3.63) is 40.1 Å². The van der Waals surface area contributed by atoms with Crippen molar-refractivity contribution < 1.29 is 0 Å². The molecule has 0 saturated carbocycles. The Balaban J connectivity index is 2.27. The molecule has 0 fully saturated rings. The van der Waals surface area contributed by atoms with Gasteiger partial charge in [-0.15, -0.1) is 16.7 Å². The number of hydrogen-bond donors (Lipinski definition) is 0. The SMILES string of the molecule is Cc1cccc(-n2cc(CCCCl)nn2)c1Br. The molecule has 0 aliphatic carbocycles. The third-order valence-corrected chi connectivity index (χ3v) is 3.82. The highest BCUT2D eigenvalue weighted by atomic mass is 79.9. The molecule has 0 radical (unpaired) electrons. The zero-order valence-electron chi connectivity index (χ0n) is 9.53. The lowest BCUT2D eigenvalue weighted by Crippen LogP contribution is -1.97. The van der Waals surface area contributed by atoms with Gasteiger partial charge in [0, 0.05) is 10.4 Å². The third kappa shape index (κ3) is 2.87. The van der Waals surface area contributed by atoms with Gasteiger partial charge in [-0.3, -0.25) is 0 Å². The topological polar surface area (TPSA) is 30.7 Å². The van der Waals surface area contributed by atoms with Crippen LogP contribution in [0.4, 0.5) is 0 Å². The standard InChI is InChI=1S/C12H13BrClN3/c1-9-4-2-6-11(12(9)13)17-8-10(15-16-17)5-3-7-14/h2,4,6,8H,3,5,7H2,1H3. The lowest BCUT2D eigenvalue weighted by atomic mass is 10.2. The van der Waals surface area contributed by atoms with E-state index in [4.69, 9.17) is 11.6 Å². The van der Waals surface area contributed by atoms with Crippen molar-refractivity contribution >= 4 is 27.5 Å². The molecular formula is C12H13BrClN3. The third-order valence-electron chi connectivity index (χ3n) is 2.53. The van der Waals surface area contributed by atoms with Crippen LogP contribution in [-0.4, -0.2) is 20.9 Å². The van der Waals surface area contributed by atoms with Crippen molar-refractivity contribution in [1.82, 2.24) is 15.0 Å². The second kappa shape index (κ2) is 5.65. The first-order valence-corrected chi connectivity index (χ1v) is 6.78. The van der Waals surface area contributed by atoms with Crippen LogP contribution in [0.5, 0.6) is 0 Å². The van der Waals surface area contributed by atoms with E-state index in [1.165, 1.54) is 5.56 Å². The van der Waals surface area contributed by atoms with Crippen LogP contribution in [0.1, 0.15) is 17.7 Å². The van der Waals surface area contributed by atoms with E-state index >= 15 is 0 Å². The normalized spacial score (nSPS) is 10.8. The van der Waals surface area contributed by atoms with Crippen LogP contribution in [0.15, 0.2) is 28.9 Å². The van der Waals surface area contributed by atoms with Crippen LogP contribution in [0, 0.1) is 6.92 Å². The molecule has 2 aromatic rings. The van der Waals surface area contributed by atoms with Gasteiger partial charge in [0.2, 0.25) is 0 Å². The molecule has 2 rings (SSSR count). The summed E-state index contributed by atoms with van der Waals surface area (Å²) in [6, 6.07) is 6.07. The molecule has 0 aliphatic rings. The summed E-state index contributed by atoms with van der Waals surface area (Å²) in [5.74, 6) is 0.654. The Hall–Kier alpha value is -0.870. The minimum absolute atomic E-state index is 0.654. The molecule has 0 amide bonds. The van der Waals surface area contributed by atoms with E-state index in [1.54, 1.807) is 4.68 Å². The Labute approximate surface area is 114 Å². The quantitative estimate of drug-likeness (QED) is 0.809. The summed E-state index contributed by atoms with van der Waals surface area (Å²) in [4.78, 5) is 0. The van der Waals surface area contributed by atoms with Crippen molar-refractivity contribution in [2.45, 2.75) is 19.8 Å². The molecule has 3 nitrogen and oxygen atoms in total. The summed E-state index contributed by atoms with van der Waals surface area (Å²) in [6.45, 7) is 2.05. The number of rotatable bonds is 4. The maximum atomic E-state index is 5.66. The van der Waals surface area contributed by atoms with Gasteiger partial charge in [-0.05, 0) is 47.3 Å². The molecule has 1 aromatic heterocycles. The highest BCUT2D eigenvalue weighted by Crippen LogP contribution is 2.24. The summed E-state index contributed by atoms with van der Waals surface area (Å²) >= 11 is 9.23. The van der Waals surface area contributed by atoms with E-state index in [-0.39, 0.29) is 0 Å². The smallest absolute Gasteiger partial charge is 0.0832 e. The fraction of sp³-hybridized carbons (Fsp3) is 0.333. The Morgan fingerprint density at radius 1 is 1.41 bits per heavy atom. The second-order valence-electron chi connectivity index (χ2n) is 3.86. The minimum atomic E-state index is 0.654. The van der Waals surface area contributed by atoms with Gasteiger partial charge in [0.05, 0.1) is 17.6 Å². The zero-order valence-corrected chi connectivity index (χ0v) is 11.9. The van der Waals surface area contributed by atoms with Gasteiger partial charge >= 0.3 is 0 Å². The largest absolute Gasteiger partial charge is 0.219 e. The first-order chi connectivity index (χ1) is 8.22. The van der Waals surface area contributed by atoms with Crippen LogP contribution >= 0.6 is 27.5 Å². The minimum Gasteiger partial charge on any atom is -0.219 e. The number of aromatic nitrogens is 3. The lowest BCUT2D eigenvalue weighted by Gasteiger charge is -2.05. The maximum absolute atomic E-state index is 5.66. The molecule has 1 heterocycles. The van der Waals surface area contributed by atoms with E-state index < -0.39 is 0 Å². The second-order valence-corrected chi connectivity index (χ2v) is 5.03. The highest BCUT2D eigenvalue weighted by molar-refractivity contribution is 9.10. The number of benzene rings is 1. The molecule has 1 aromatic carbocycles. The maximum Gasteiger partial charge on any atom is 0.0832 e. The molecule has 0 unspecified atom stereocenters. The Morgan fingerprint density at radius 3 is 3.00 bits per heavy atom. The van der Waals surface area contributed by atoms with Crippen LogP contribution in [-0.2, 0) is 6.42 Å². The number of nitrogens with zero attached hydrogens (tertiary/aromatic N) is 3. The molecule has 0 spiro atoms. The van der Waals surface area contributed by atoms with E-state index in [2.05, 4.69) is 39.2 Å². The molecule has 5 heteroatoms. The number of aryl methyl sites for hydroxylation is 2. The Morgan fingerprint density at radius 2 is 2.24 bits per heavy atom. The molecule has 90 valence electrons. The fourth-order valence-corrected chi connectivity index (χ4v) is 2.17. The molecule has 0 N–H and O–H groups in total. The number of alkyl halides is 1. The van der Waals surface area contributed by atoms with Crippen LogP contribution in [0.3, 0.4) is 0 Å². The number of hydrogen-bond acceptors (Lipinski definition) is 2. The average Bonchev–Trinajstić information content (AvgIpc) is 2.78. The van der Waals surface area contributed by atoms with Gasteiger partial charge in [0.25, 0.3) is 0 Å². The summed E-state index contributed by atoms with van der Waals surface area (Å²) in [5, 5.41) is 8.27.